The first kappa shape index (κ1) is 13.7. The minimum absolute atomic E-state index is 0.0600. The zero-order valence-corrected chi connectivity index (χ0v) is 10.4. The van der Waals surface area contributed by atoms with Crippen LogP contribution in [0.4, 0.5) is 10.1 Å². The SMILES string of the molecule is CCOC(=O)c1cc(-n2cccn2)c(F)cc1[N+](=O)[O-]. The molecule has 0 N–H and O–H groups in total. The molecule has 1 aromatic heterocycles. The Morgan fingerprint density at radius 1 is 1.55 bits per heavy atom. The third-order valence-electron chi connectivity index (χ3n) is 2.51. The zero-order chi connectivity index (χ0) is 14.7. The lowest BCUT2D eigenvalue weighted by Gasteiger charge is -2.07. The molecule has 0 saturated heterocycles. The predicted molar refractivity (Wildman–Crippen MR) is 66.1 cm³/mol. The van der Waals surface area contributed by atoms with E-state index in [9.17, 15) is 19.3 Å². The monoisotopic (exact) mass is 279 g/mol. The smallest absolute Gasteiger partial charge is 0.345 e. The van der Waals surface area contributed by atoms with Crippen molar-refractivity contribution in [3.63, 3.8) is 0 Å². The van der Waals surface area contributed by atoms with Crippen LogP contribution in [-0.4, -0.2) is 27.3 Å². The van der Waals surface area contributed by atoms with Crippen LogP contribution >= 0.6 is 0 Å². The zero-order valence-electron chi connectivity index (χ0n) is 10.4. The molecule has 0 aliphatic carbocycles. The number of esters is 1. The second-order valence-corrected chi connectivity index (χ2v) is 3.75. The first-order valence-electron chi connectivity index (χ1n) is 5.69. The van der Waals surface area contributed by atoms with Crippen LogP contribution in [-0.2, 0) is 4.74 Å². The molecule has 1 aromatic carbocycles. The van der Waals surface area contributed by atoms with Gasteiger partial charge in [0, 0.05) is 12.4 Å². The summed E-state index contributed by atoms with van der Waals surface area (Å²) in [5.74, 6) is -1.74. The van der Waals surface area contributed by atoms with Crippen LogP contribution in [0.1, 0.15) is 17.3 Å². The summed E-state index contributed by atoms with van der Waals surface area (Å²) in [6, 6.07) is 3.30. The number of hydrogen-bond donors (Lipinski definition) is 0. The predicted octanol–water partition coefficient (Wildman–Crippen LogP) is 2.10. The minimum atomic E-state index is -0.882. The quantitative estimate of drug-likeness (QED) is 0.486. The number of rotatable bonds is 4. The molecule has 0 unspecified atom stereocenters. The number of halogens is 1. The Labute approximate surface area is 112 Å². The van der Waals surface area contributed by atoms with Gasteiger partial charge in [0.05, 0.1) is 17.6 Å². The molecule has 1 heterocycles. The van der Waals surface area contributed by atoms with Gasteiger partial charge in [-0.3, -0.25) is 10.1 Å². The van der Waals surface area contributed by atoms with Gasteiger partial charge in [-0.25, -0.2) is 13.9 Å². The Morgan fingerprint density at radius 2 is 2.30 bits per heavy atom. The van der Waals surface area contributed by atoms with E-state index < -0.39 is 22.4 Å². The fourth-order valence-electron chi connectivity index (χ4n) is 1.66. The van der Waals surface area contributed by atoms with E-state index in [1.165, 1.54) is 17.1 Å². The van der Waals surface area contributed by atoms with Crippen molar-refractivity contribution in [2.75, 3.05) is 6.61 Å². The van der Waals surface area contributed by atoms with E-state index in [0.29, 0.717) is 6.07 Å². The average molecular weight is 279 g/mol. The molecule has 7 nitrogen and oxygen atoms in total. The van der Waals surface area contributed by atoms with Gasteiger partial charge >= 0.3 is 5.97 Å². The number of carbonyl (C=O) groups excluding carboxylic acids is 1. The van der Waals surface area contributed by atoms with E-state index in [2.05, 4.69) is 5.10 Å². The van der Waals surface area contributed by atoms with Crippen molar-refractivity contribution < 1.29 is 18.8 Å². The van der Waals surface area contributed by atoms with Crippen LogP contribution in [0.25, 0.3) is 5.69 Å². The summed E-state index contributed by atoms with van der Waals surface area (Å²) in [6.45, 7) is 1.63. The summed E-state index contributed by atoms with van der Waals surface area (Å²) in [5, 5.41) is 14.7. The molecule has 20 heavy (non-hydrogen) atoms. The van der Waals surface area contributed by atoms with Crippen LogP contribution in [0.5, 0.6) is 0 Å². The largest absolute Gasteiger partial charge is 0.462 e. The molecule has 8 heteroatoms. The van der Waals surface area contributed by atoms with Gasteiger partial charge in [0.15, 0.2) is 5.82 Å². The van der Waals surface area contributed by atoms with Crippen LogP contribution in [0, 0.1) is 15.9 Å². The lowest BCUT2D eigenvalue weighted by atomic mass is 10.1. The van der Waals surface area contributed by atoms with Gasteiger partial charge in [0.25, 0.3) is 5.69 Å². The third-order valence-corrected chi connectivity index (χ3v) is 2.51. The maximum atomic E-state index is 13.9. The second kappa shape index (κ2) is 5.47. The summed E-state index contributed by atoms with van der Waals surface area (Å²) in [5.41, 5.74) is -1.02. The fraction of sp³-hybridized carbons (Fsp3) is 0.167. The third kappa shape index (κ3) is 2.48. The van der Waals surface area contributed by atoms with Crippen LogP contribution in [0.15, 0.2) is 30.6 Å². The fourth-order valence-corrected chi connectivity index (χ4v) is 1.66. The van der Waals surface area contributed by atoms with Crippen molar-refractivity contribution in [3.8, 4) is 5.69 Å². The molecule has 2 rings (SSSR count). The lowest BCUT2D eigenvalue weighted by molar-refractivity contribution is -0.385. The van der Waals surface area contributed by atoms with Gasteiger partial charge in [-0.1, -0.05) is 0 Å². The molecule has 104 valence electrons. The number of aromatic nitrogens is 2. The Morgan fingerprint density at radius 3 is 2.85 bits per heavy atom. The Bertz CT molecular complexity index is 655. The van der Waals surface area contributed by atoms with Crippen molar-refractivity contribution in [1.82, 2.24) is 9.78 Å². The van der Waals surface area contributed by atoms with Crippen molar-refractivity contribution >= 4 is 11.7 Å². The van der Waals surface area contributed by atoms with E-state index in [0.717, 1.165) is 6.07 Å². The van der Waals surface area contributed by atoms with Gasteiger partial charge < -0.3 is 4.74 Å². The molecule has 0 fully saturated rings. The molecule has 2 aromatic rings. The first-order valence-corrected chi connectivity index (χ1v) is 5.69. The number of hydrogen-bond acceptors (Lipinski definition) is 5. The maximum absolute atomic E-state index is 13.9. The van der Waals surface area contributed by atoms with E-state index >= 15 is 0 Å². The van der Waals surface area contributed by atoms with Crippen molar-refractivity contribution in [2.45, 2.75) is 6.92 Å². The highest BCUT2D eigenvalue weighted by molar-refractivity contribution is 5.94. The molecular formula is C12H10FN3O4. The molecule has 0 atom stereocenters. The van der Waals surface area contributed by atoms with Gasteiger partial charge in [-0.15, -0.1) is 0 Å². The Hall–Kier alpha value is -2.77. The topological polar surface area (TPSA) is 87.3 Å². The van der Waals surface area contributed by atoms with Crippen molar-refractivity contribution in [1.29, 1.82) is 0 Å². The molecule has 0 radical (unpaired) electrons. The van der Waals surface area contributed by atoms with E-state index in [1.807, 2.05) is 0 Å². The van der Waals surface area contributed by atoms with Crippen molar-refractivity contribution in [3.05, 3.63) is 52.1 Å². The summed E-state index contributed by atoms with van der Waals surface area (Å²) >= 11 is 0. The number of benzene rings is 1. The number of nitro groups is 1. The average Bonchev–Trinajstić information content (AvgIpc) is 2.92. The van der Waals surface area contributed by atoms with Crippen LogP contribution in [0.2, 0.25) is 0 Å². The number of nitrogens with zero attached hydrogens (tertiary/aromatic N) is 3. The van der Waals surface area contributed by atoms with Gasteiger partial charge in [-0.05, 0) is 19.1 Å². The van der Waals surface area contributed by atoms with Gasteiger partial charge in [0.2, 0.25) is 0 Å². The molecular weight excluding hydrogens is 269 g/mol. The van der Waals surface area contributed by atoms with Crippen LogP contribution < -0.4 is 0 Å². The minimum Gasteiger partial charge on any atom is -0.462 e. The van der Waals surface area contributed by atoms with E-state index in [-0.39, 0.29) is 17.9 Å². The molecule has 0 saturated carbocycles. The van der Waals surface area contributed by atoms with Crippen LogP contribution in [0.3, 0.4) is 0 Å². The Balaban J connectivity index is 2.60. The van der Waals surface area contributed by atoms with Gasteiger partial charge in [-0.2, -0.15) is 5.10 Å². The first-order chi connectivity index (χ1) is 9.54. The highest BCUT2D eigenvalue weighted by Crippen LogP contribution is 2.25. The second-order valence-electron chi connectivity index (χ2n) is 3.75. The standard InChI is InChI=1S/C12H10FN3O4/c1-2-20-12(17)8-6-11(15-5-3-4-14-15)9(13)7-10(8)16(18)19/h3-7H,2H2,1H3. The summed E-state index contributed by atoms with van der Waals surface area (Å²) < 4.78 is 19.8. The number of nitro benzene ring substituents is 1. The number of carbonyl (C=O) groups is 1. The van der Waals surface area contributed by atoms with Crippen molar-refractivity contribution in [2.24, 2.45) is 0 Å². The highest BCUT2D eigenvalue weighted by Gasteiger charge is 2.25. The Kier molecular flexibility index (Phi) is 3.74. The summed E-state index contributed by atoms with van der Waals surface area (Å²) in [7, 11) is 0. The number of ether oxygens (including phenoxy) is 1. The molecule has 0 amide bonds. The van der Waals surface area contributed by atoms with Gasteiger partial charge in [0.1, 0.15) is 11.3 Å². The molecule has 0 spiro atoms. The molecule has 0 aliphatic rings. The van der Waals surface area contributed by atoms with E-state index in [4.69, 9.17) is 4.74 Å². The molecule has 0 bridgehead atoms. The summed E-state index contributed by atoms with van der Waals surface area (Å²) in [6.07, 6.45) is 2.88. The normalized spacial score (nSPS) is 10.3. The lowest BCUT2D eigenvalue weighted by Crippen LogP contribution is -2.10. The summed E-state index contributed by atoms with van der Waals surface area (Å²) in [4.78, 5) is 21.8. The molecule has 0 aliphatic heterocycles. The highest BCUT2D eigenvalue weighted by atomic mass is 19.1. The van der Waals surface area contributed by atoms with E-state index in [1.54, 1.807) is 13.0 Å². The maximum Gasteiger partial charge on any atom is 0.345 e.